The second kappa shape index (κ2) is 12.9. The summed E-state index contributed by atoms with van der Waals surface area (Å²) in [6.45, 7) is 7.10. The molecule has 0 heterocycles. The van der Waals surface area contributed by atoms with Crippen LogP contribution >= 0.6 is 23.2 Å². The Hall–Kier alpha value is -1.44. The molecule has 0 bridgehead atoms. The van der Waals surface area contributed by atoms with Gasteiger partial charge in [0.05, 0.1) is 12.6 Å². The van der Waals surface area contributed by atoms with E-state index >= 15 is 0 Å². The van der Waals surface area contributed by atoms with Crippen molar-refractivity contribution in [2.75, 3.05) is 36.4 Å². The average Bonchev–Trinajstić information content (AvgIpc) is 2.62. The average molecular weight is 431 g/mol. The SMILES string of the molecule is CC(C)(C)OC(=O)C[C@H](COc1ccc(N(CCCl)CCCl)cc1)NBC=O. The van der Waals surface area contributed by atoms with Crippen molar-refractivity contribution in [3.05, 3.63) is 24.3 Å². The van der Waals surface area contributed by atoms with Crippen LogP contribution in [0.15, 0.2) is 24.3 Å². The lowest BCUT2D eigenvalue weighted by molar-refractivity contribution is -0.155. The molecule has 0 saturated carbocycles. The quantitative estimate of drug-likeness (QED) is 0.224. The molecule has 1 aromatic carbocycles. The van der Waals surface area contributed by atoms with Crippen molar-refractivity contribution in [3.63, 3.8) is 0 Å². The van der Waals surface area contributed by atoms with Gasteiger partial charge >= 0.3 is 5.97 Å². The standard InChI is InChI=1S/C19H29BCl2N2O4/c1-19(2,3)28-18(26)12-15(23-20-14-25)13-27-17-6-4-16(5-7-17)24(10-8-21)11-9-22/h4-7,14-15,20,23H,8-13H2,1-3H3/t15-/m1/s1. The summed E-state index contributed by atoms with van der Waals surface area (Å²) in [5.41, 5.74) is 0.457. The highest BCUT2D eigenvalue weighted by Crippen LogP contribution is 2.20. The monoisotopic (exact) mass is 430 g/mol. The first-order chi connectivity index (χ1) is 13.3. The van der Waals surface area contributed by atoms with E-state index in [1.54, 1.807) is 0 Å². The Morgan fingerprint density at radius 1 is 1.21 bits per heavy atom. The number of nitrogens with one attached hydrogen (secondary N) is 1. The molecule has 1 atom stereocenters. The second-order valence-corrected chi connectivity index (χ2v) is 7.99. The molecule has 0 aliphatic rings. The number of carbonyl (C=O) groups is 2. The molecule has 1 aromatic rings. The number of hydrogen-bond acceptors (Lipinski definition) is 6. The molecule has 0 spiro atoms. The van der Waals surface area contributed by atoms with E-state index in [2.05, 4.69) is 10.1 Å². The van der Waals surface area contributed by atoms with Gasteiger partial charge in [0.15, 0.2) is 0 Å². The summed E-state index contributed by atoms with van der Waals surface area (Å²) in [6, 6.07) is 7.26. The summed E-state index contributed by atoms with van der Waals surface area (Å²) in [4.78, 5) is 24.8. The summed E-state index contributed by atoms with van der Waals surface area (Å²) in [7, 11) is 0.140. The number of nitrogens with zero attached hydrogens (tertiary/aromatic N) is 1. The van der Waals surface area contributed by atoms with Gasteiger partial charge in [-0.2, -0.15) is 0 Å². The first-order valence-corrected chi connectivity index (χ1v) is 10.3. The van der Waals surface area contributed by atoms with Crippen LogP contribution in [-0.4, -0.2) is 62.7 Å². The van der Waals surface area contributed by atoms with Crippen molar-refractivity contribution in [1.82, 2.24) is 5.23 Å². The van der Waals surface area contributed by atoms with Gasteiger partial charge in [0.25, 0.3) is 7.41 Å². The zero-order valence-electron chi connectivity index (χ0n) is 16.7. The Kier molecular flexibility index (Phi) is 11.3. The van der Waals surface area contributed by atoms with E-state index in [4.69, 9.17) is 32.7 Å². The third-order valence-corrected chi connectivity index (χ3v) is 4.02. The molecule has 156 valence electrons. The summed E-state index contributed by atoms with van der Waals surface area (Å²) in [6.07, 6.45) is 0.863. The molecule has 1 N–H and O–H groups in total. The Bertz CT molecular complexity index is 591. The van der Waals surface area contributed by atoms with E-state index in [0.717, 1.165) is 11.9 Å². The van der Waals surface area contributed by atoms with E-state index in [1.165, 1.54) is 0 Å². The Labute approximate surface area is 178 Å². The van der Waals surface area contributed by atoms with E-state index in [0.29, 0.717) is 30.6 Å². The fourth-order valence-corrected chi connectivity index (χ4v) is 2.92. The fraction of sp³-hybridized carbons (Fsp3) is 0.579. The van der Waals surface area contributed by atoms with Crippen LogP contribution in [0.1, 0.15) is 27.2 Å². The first kappa shape index (κ1) is 24.6. The van der Waals surface area contributed by atoms with Crippen molar-refractivity contribution >= 4 is 48.5 Å². The highest BCUT2D eigenvalue weighted by molar-refractivity contribution is 6.64. The fourth-order valence-electron chi connectivity index (χ4n) is 2.51. The lowest BCUT2D eigenvalue weighted by Gasteiger charge is -2.24. The van der Waals surface area contributed by atoms with Gasteiger partial charge < -0.3 is 24.4 Å². The Morgan fingerprint density at radius 2 is 1.82 bits per heavy atom. The lowest BCUT2D eigenvalue weighted by Crippen LogP contribution is -2.40. The van der Waals surface area contributed by atoms with E-state index in [-0.39, 0.29) is 32.5 Å². The predicted octanol–water partition coefficient (Wildman–Crippen LogP) is 2.58. The number of benzene rings is 1. The van der Waals surface area contributed by atoms with Crippen molar-refractivity contribution in [1.29, 1.82) is 0 Å². The summed E-state index contributed by atoms with van der Waals surface area (Å²) < 4.78 is 11.1. The second-order valence-electron chi connectivity index (χ2n) is 7.23. The van der Waals surface area contributed by atoms with Gasteiger partial charge in [0, 0.05) is 36.6 Å². The highest BCUT2D eigenvalue weighted by atomic mass is 35.5. The van der Waals surface area contributed by atoms with Gasteiger partial charge in [-0.15, -0.1) is 23.2 Å². The summed E-state index contributed by atoms with van der Waals surface area (Å²) >= 11 is 11.7. The van der Waals surface area contributed by atoms with Crippen molar-refractivity contribution < 1.29 is 19.1 Å². The predicted molar refractivity (Wildman–Crippen MR) is 117 cm³/mol. The molecule has 28 heavy (non-hydrogen) atoms. The van der Waals surface area contributed by atoms with Gasteiger partial charge in [0.2, 0.25) is 0 Å². The topological polar surface area (TPSA) is 67.9 Å². The Morgan fingerprint density at radius 3 is 2.32 bits per heavy atom. The van der Waals surface area contributed by atoms with Crippen LogP contribution in [0.2, 0.25) is 0 Å². The van der Waals surface area contributed by atoms with Crippen LogP contribution in [0.25, 0.3) is 0 Å². The highest BCUT2D eigenvalue weighted by Gasteiger charge is 2.21. The van der Waals surface area contributed by atoms with Gasteiger partial charge in [-0.05, 0) is 45.0 Å². The zero-order valence-corrected chi connectivity index (χ0v) is 18.3. The summed E-state index contributed by atoms with van der Waals surface area (Å²) in [5.74, 6) is 1.36. The molecule has 0 fully saturated rings. The van der Waals surface area contributed by atoms with Crippen LogP contribution in [0.5, 0.6) is 5.75 Å². The van der Waals surface area contributed by atoms with Crippen LogP contribution in [0.3, 0.4) is 0 Å². The number of halogens is 2. The number of rotatable bonds is 13. The van der Waals surface area contributed by atoms with Gasteiger partial charge in [-0.25, -0.2) is 0 Å². The number of alkyl halides is 2. The third-order valence-electron chi connectivity index (χ3n) is 3.68. The molecular formula is C19H29BCl2N2O4. The molecule has 1 rings (SSSR count). The van der Waals surface area contributed by atoms with Crippen LogP contribution in [0.4, 0.5) is 5.69 Å². The van der Waals surface area contributed by atoms with E-state index in [1.807, 2.05) is 45.0 Å². The largest absolute Gasteiger partial charge is 0.492 e. The van der Waals surface area contributed by atoms with Crippen molar-refractivity contribution in [3.8, 4) is 5.75 Å². The van der Waals surface area contributed by atoms with Gasteiger partial charge in [-0.3, -0.25) is 4.79 Å². The molecular weight excluding hydrogens is 402 g/mol. The van der Waals surface area contributed by atoms with Gasteiger partial charge in [0.1, 0.15) is 18.0 Å². The Balaban J connectivity index is 2.65. The van der Waals surface area contributed by atoms with Gasteiger partial charge in [-0.1, -0.05) is 0 Å². The molecule has 0 aromatic heterocycles. The lowest BCUT2D eigenvalue weighted by atomic mass is 9.96. The minimum atomic E-state index is -0.555. The van der Waals surface area contributed by atoms with E-state index < -0.39 is 5.60 Å². The van der Waals surface area contributed by atoms with Crippen molar-refractivity contribution in [2.45, 2.75) is 38.8 Å². The maximum absolute atomic E-state index is 12.1. The number of anilines is 1. The van der Waals surface area contributed by atoms with Crippen LogP contribution in [0, 0.1) is 0 Å². The number of ether oxygens (including phenoxy) is 2. The maximum atomic E-state index is 12.1. The summed E-state index contributed by atoms with van der Waals surface area (Å²) in [5, 5.41) is 2.99. The molecule has 0 amide bonds. The molecule has 6 nitrogen and oxygen atoms in total. The maximum Gasteiger partial charge on any atom is 0.307 e. The molecule has 9 heteroatoms. The minimum Gasteiger partial charge on any atom is -0.492 e. The molecule has 0 aliphatic heterocycles. The third kappa shape index (κ3) is 10.2. The first-order valence-electron chi connectivity index (χ1n) is 9.27. The zero-order chi connectivity index (χ0) is 21.0. The smallest absolute Gasteiger partial charge is 0.307 e. The number of hydrogen-bond donors (Lipinski definition) is 1. The van der Waals surface area contributed by atoms with Crippen LogP contribution < -0.4 is 14.9 Å². The molecule has 0 unspecified atom stereocenters. The number of carbonyl (C=O) groups excluding carboxylic acids is 2. The van der Waals surface area contributed by atoms with Crippen LogP contribution in [-0.2, 0) is 14.3 Å². The molecule has 0 saturated heterocycles. The minimum absolute atomic E-state index is 0.114. The molecule has 0 radical (unpaired) electrons. The van der Waals surface area contributed by atoms with Crippen molar-refractivity contribution in [2.24, 2.45) is 0 Å². The number of esters is 1. The molecule has 0 aliphatic carbocycles. The normalized spacial score (nSPS) is 12.2. The van der Waals surface area contributed by atoms with E-state index in [9.17, 15) is 9.59 Å².